The number of aromatic nitrogens is 1. The molecule has 1 aliphatic rings. The van der Waals surface area contributed by atoms with Gasteiger partial charge in [-0.15, -0.1) is 0 Å². The van der Waals surface area contributed by atoms with Gasteiger partial charge in [0.05, 0.1) is 10.2 Å². The fourth-order valence-electron chi connectivity index (χ4n) is 3.14. The molecule has 1 aliphatic heterocycles. The minimum absolute atomic E-state index is 0.0360. The standard InChI is InChI=1S/C20H21BrN4OS/c1-13-3-5-16(11-14(13)2)22-19(26)24-7-9-25(10-8-24)20-23-17-6-4-15(21)12-18(17)27-20/h3-6,11-12H,7-10H2,1-2H3,(H,22,26). The maximum atomic E-state index is 12.6. The van der Waals surface area contributed by atoms with Crippen molar-refractivity contribution in [1.29, 1.82) is 0 Å². The van der Waals surface area contributed by atoms with E-state index in [0.717, 1.165) is 33.9 Å². The first-order valence-corrected chi connectivity index (χ1v) is 10.5. The summed E-state index contributed by atoms with van der Waals surface area (Å²) in [4.78, 5) is 21.4. The fraction of sp³-hybridized carbons (Fsp3) is 0.300. The number of rotatable bonds is 2. The first kappa shape index (κ1) is 18.3. The van der Waals surface area contributed by atoms with Crippen molar-refractivity contribution in [3.05, 3.63) is 52.0 Å². The molecule has 5 nitrogen and oxygen atoms in total. The van der Waals surface area contributed by atoms with Crippen molar-refractivity contribution in [2.45, 2.75) is 13.8 Å². The fourth-order valence-corrected chi connectivity index (χ4v) is 4.71. The number of aryl methyl sites for hydroxylation is 2. The molecule has 0 saturated carbocycles. The molecule has 2 amide bonds. The van der Waals surface area contributed by atoms with Crippen LogP contribution in [0.2, 0.25) is 0 Å². The number of nitrogens with zero attached hydrogens (tertiary/aromatic N) is 3. The quantitative estimate of drug-likeness (QED) is 0.602. The Morgan fingerprint density at radius 2 is 1.85 bits per heavy atom. The molecular formula is C20H21BrN4OS. The Morgan fingerprint density at radius 1 is 1.07 bits per heavy atom. The highest BCUT2D eigenvalue weighted by Crippen LogP contribution is 2.31. The number of anilines is 2. The van der Waals surface area contributed by atoms with E-state index in [-0.39, 0.29) is 6.03 Å². The monoisotopic (exact) mass is 444 g/mol. The summed E-state index contributed by atoms with van der Waals surface area (Å²) in [5.74, 6) is 0. The van der Waals surface area contributed by atoms with E-state index in [0.29, 0.717) is 13.1 Å². The number of hydrogen-bond acceptors (Lipinski definition) is 4. The van der Waals surface area contributed by atoms with Gasteiger partial charge in [0, 0.05) is 36.3 Å². The van der Waals surface area contributed by atoms with Gasteiger partial charge >= 0.3 is 6.03 Å². The molecule has 0 radical (unpaired) electrons. The zero-order valence-corrected chi connectivity index (χ0v) is 17.7. The van der Waals surface area contributed by atoms with Gasteiger partial charge in [-0.2, -0.15) is 0 Å². The highest BCUT2D eigenvalue weighted by atomic mass is 79.9. The average Bonchev–Trinajstić information content (AvgIpc) is 3.08. The van der Waals surface area contributed by atoms with Crippen molar-refractivity contribution >= 4 is 54.3 Å². The number of amides is 2. The number of carbonyl (C=O) groups is 1. The third-order valence-electron chi connectivity index (χ3n) is 4.93. The van der Waals surface area contributed by atoms with Crippen molar-refractivity contribution in [2.24, 2.45) is 0 Å². The van der Waals surface area contributed by atoms with Gasteiger partial charge in [0.15, 0.2) is 5.13 Å². The predicted molar refractivity (Wildman–Crippen MR) is 116 cm³/mol. The highest BCUT2D eigenvalue weighted by Gasteiger charge is 2.23. The number of halogens is 1. The molecule has 2 heterocycles. The van der Waals surface area contributed by atoms with E-state index in [4.69, 9.17) is 4.98 Å². The average molecular weight is 445 g/mol. The minimum Gasteiger partial charge on any atom is -0.345 e. The number of carbonyl (C=O) groups excluding carboxylic acids is 1. The van der Waals surface area contributed by atoms with Crippen LogP contribution in [-0.4, -0.2) is 42.1 Å². The summed E-state index contributed by atoms with van der Waals surface area (Å²) in [5.41, 5.74) is 4.28. The Labute approximate surface area is 171 Å². The number of piperazine rings is 1. The lowest BCUT2D eigenvalue weighted by Gasteiger charge is -2.34. The van der Waals surface area contributed by atoms with Crippen LogP contribution in [0.3, 0.4) is 0 Å². The van der Waals surface area contributed by atoms with Gasteiger partial charge in [-0.05, 0) is 55.3 Å². The molecule has 3 aromatic rings. The first-order chi connectivity index (χ1) is 13.0. The van der Waals surface area contributed by atoms with Crippen molar-refractivity contribution in [1.82, 2.24) is 9.88 Å². The summed E-state index contributed by atoms with van der Waals surface area (Å²) < 4.78 is 2.24. The van der Waals surface area contributed by atoms with Crippen LogP contribution in [0.15, 0.2) is 40.9 Å². The molecule has 1 N–H and O–H groups in total. The van der Waals surface area contributed by atoms with Gasteiger partial charge in [-0.3, -0.25) is 0 Å². The number of benzene rings is 2. The molecule has 2 aromatic carbocycles. The van der Waals surface area contributed by atoms with Crippen molar-refractivity contribution in [2.75, 3.05) is 36.4 Å². The van der Waals surface area contributed by atoms with Crippen LogP contribution in [0.4, 0.5) is 15.6 Å². The Morgan fingerprint density at radius 3 is 2.59 bits per heavy atom. The number of fused-ring (bicyclic) bond motifs is 1. The van der Waals surface area contributed by atoms with E-state index < -0.39 is 0 Å². The molecule has 0 aliphatic carbocycles. The van der Waals surface area contributed by atoms with Crippen molar-refractivity contribution < 1.29 is 4.79 Å². The first-order valence-electron chi connectivity index (χ1n) is 8.94. The lowest BCUT2D eigenvalue weighted by atomic mass is 10.1. The Kier molecular flexibility index (Phi) is 5.06. The molecule has 0 spiro atoms. The summed E-state index contributed by atoms with van der Waals surface area (Å²) in [6.45, 7) is 7.09. The largest absolute Gasteiger partial charge is 0.345 e. The molecule has 4 rings (SSSR count). The summed E-state index contributed by atoms with van der Waals surface area (Å²) in [7, 11) is 0. The van der Waals surface area contributed by atoms with Gasteiger partial charge < -0.3 is 15.1 Å². The second-order valence-corrected chi connectivity index (χ2v) is 8.74. The smallest absolute Gasteiger partial charge is 0.321 e. The van der Waals surface area contributed by atoms with Gasteiger partial charge in [-0.1, -0.05) is 33.3 Å². The predicted octanol–water partition coefficient (Wildman–Crippen LogP) is 5.03. The van der Waals surface area contributed by atoms with Crippen LogP contribution in [0.5, 0.6) is 0 Å². The molecule has 1 saturated heterocycles. The van der Waals surface area contributed by atoms with E-state index >= 15 is 0 Å². The molecular weight excluding hydrogens is 424 g/mol. The van der Waals surface area contributed by atoms with Crippen LogP contribution in [0, 0.1) is 13.8 Å². The Hall–Kier alpha value is -2.12. The lowest BCUT2D eigenvalue weighted by molar-refractivity contribution is 0.208. The van der Waals surface area contributed by atoms with E-state index in [9.17, 15) is 4.79 Å². The van der Waals surface area contributed by atoms with Crippen LogP contribution in [0.1, 0.15) is 11.1 Å². The van der Waals surface area contributed by atoms with E-state index in [1.54, 1.807) is 11.3 Å². The normalized spacial score (nSPS) is 14.6. The number of hydrogen-bond donors (Lipinski definition) is 1. The van der Waals surface area contributed by atoms with Crippen molar-refractivity contribution in [3.63, 3.8) is 0 Å². The molecule has 0 bridgehead atoms. The molecule has 140 valence electrons. The van der Waals surface area contributed by atoms with E-state index in [1.807, 2.05) is 35.2 Å². The number of thiazole rings is 1. The summed E-state index contributed by atoms with van der Waals surface area (Å²) in [6.07, 6.45) is 0. The Bertz CT molecular complexity index is 995. The summed E-state index contributed by atoms with van der Waals surface area (Å²) >= 11 is 5.21. The number of urea groups is 1. The lowest BCUT2D eigenvalue weighted by Crippen LogP contribution is -2.50. The second kappa shape index (κ2) is 7.48. The molecule has 0 unspecified atom stereocenters. The summed E-state index contributed by atoms with van der Waals surface area (Å²) in [5, 5.41) is 4.04. The molecule has 0 atom stereocenters. The second-order valence-electron chi connectivity index (χ2n) is 6.81. The van der Waals surface area contributed by atoms with E-state index in [1.165, 1.54) is 15.8 Å². The molecule has 1 fully saturated rings. The maximum Gasteiger partial charge on any atom is 0.321 e. The van der Waals surface area contributed by atoms with Crippen LogP contribution in [0.25, 0.3) is 10.2 Å². The zero-order valence-electron chi connectivity index (χ0n) is 15.3. The van der Waals surface area contributed by atoms with Gasteiger partial charge in [0.1, 0.15) is 0 Å². The zero-order chi connectivity index (χ0) is 19.0. The molecule has 7 heteroatoms. The van der Waals surface area contributed by atoms with Gasteiger partial charge in [0.2, 0.25) is 0 Å². The van der Waals surface area contributed by atoms with Crippen LogP contribution < -0.4 is 10.2 Å². The van der Waals surface area contributed by atoms with Crippen LogP contribution in [-0.2, 0) is 0 Å². The highest BCUT2D eigenvalue weighted by molar-refractivity contribution is 9.10. The van der Waals surface area contributed by atoms with Crippen molar-refractivity contribution in [3.8, 4) is 0 Å². The topological polar surface area (TPSA) is 48.5 Å². The van der Waals surface area contributed by atoms with Crippen LogP contribution >= 0.6 is 27.3 Å². The van der Waals surface area contributed by atoms with E-state index in [2.05, 4.69) is 46.1 Å². The summed E-state index contributed by atoms with van der Waals surface area (Å²) in [6, 6.07) is 12.1. The third-order valence-corrected chi connectivity index (χ3v) is 6.51. The third kappa shape index (κ3) is 3.94. The molecule has 27 heavy (non-hydrogen) atoms. The van der Waals surface area contributed by atoms with Gasteiger partial charge in [-0.25, -0.2) is 9.78 Å². The van der Waals surface area contributed by atoms with Gasteiger partial charge in [0.25, 0.3) is 0 Å². The SMILES string of the molecule is Cc1ccc(NC(=O)N2CCN(c3nc4ccc(Br)cc4s3)CC2)cc1C. The minimum atomic E-state index is -0.0360. The Balaban J connectivity index is 1.38. The number of nitrogens with one attached hydrogen (secondary N) is 1. The maximum absolute atomic E-state index is 12.6. The molecule has 1 aromatic heterocycles.